The fraction of sp³-hybridized carbons (Fsp3) is 0.125. The van der Waals surface area contributed by atoms with Gasteiger partial charge < -0.3 is 5.11 Å². The zero-order valence-electron chi connectivity index (χ0n) is 11.9. The summed E-state index contributed by atoms with van der Waals surface area (Å²) in [6, 6.07) is 7.40. The molecule has 0 saturated heterocycles. The van der Waals surface area contributed by atoms with Crippen molar-refractivity contribution in [2.45, 2.75) is 13.3 Å². The predicted molar refractivity (Wildman–Crippen MR) is 80.8 cm³/mol. The number of carbonyl (C=O) groups excluding carboxylic acids is 1. The van der Waals surface area contributed by atoms with Crippen molar-refractivity contribution >= 4 is 22.8 Å². The van der Waals surface area contributed by atoms with Crippen LogP contribution in [0.15, 0.2) is 42.9 Å². The van der Waals surface area contributed by atoms with Crippen LogP contribution in [0.2, 0.25) is 0 Å². The molecular weight excluding hydrogens is 282 g/mol. The average molecular weight is 295 g/mol. The highest BCUT2D eigenvalue weighted by Crippen LogP contribution is 2.23. The maximum atomic E-state index is 11.8. The number of benzene rings is 1. The van der Waals surface area contributed by atoms with Crippen molar-refractivity contribution < 1.29 is 14.7 Å². The third-order valence-corrected chi connectivity index (χ3v) is 3.42. The van der Waals surface area contributed by atoms with E-state index in [-0.39, 0.29) is 11.5 Å². The minimum Gasteiger partial charge on any atom is -0.478 e. The number of aromatic nitrogens is 3. The number of carboxylic acids is 1. The van der Waals surface area contributed by atoms with E-state index < -0.39 is 5.97 Å². The fourth-order valence-corrected chi connectivity index (χ4v) is 2.26. The molecule has 0 unspecified atom stereocenters. The van der Waals surface area contributed by atoms with Crippen LogP contribution in [0.25, 0.3) is 22.3 Å². The highest BCUT2D eigenvalue weighted by Gasteiger charge is 2.10. The molecule has 2 heterocycles. The first-order valence-corrected chi connectivity index (χ1v) is 6.80. The Balaban J connectivity index is 2.02. The lowest BCUT2D eigenvalue weighted by Crippen LogP contribution is -2.06. The number of aromatic carboxylic acids is 1. The van der Waals surface area contributed by atoms with Crippen molar-refractivity contribution in [2.24, 2.45) is 0 Å². The number of carbonyl (C=O) groups is 2. The van der Waals surface area contributed by atoms with Crippen LogP contribution in [0.1, 0.15) is 28.5 Å². The second-order valence-corrected chi connectivity index (χ2v) is 4.81. The third-order valence-electron chi connectivity index (χ3n) is 3.42. The number of hydrogen-bond acceptors (Lipinski definition) is 4. The molecule has 0 amide bonds. The lowest BCUT2D eigenvalue weighted by Gasteiger charge is -2.04. The number of carboxylic acid groups (broad SMARTS) is 1. The van der Waals surface area contributed by atoms with E-state index in [9.17, 15) is 9.59 Å². The average Bonchev–Trinajstić information content (AvgIpc) is 2.97. The van der Waals surface area contributed by atoms with E-state index >= 15 is 0 Å². The van der Waals surface area contributed by atoms with Crippen molar-refractivity contribution in [3.63, 3.8) is 0 Å². The van der Waals surface area contributed by atoms with Gasteiger partial charge in [0.2, 0.25) is 5.91 Å². The van der Waals surface area contributed by atoms with E-state index in [1.165, 1.54) is 12.4 Å². The van der Waals surface area contributed by atoms with E-state index in [1.807, 2.05) is 31.2 Å². The topological polar surface area (TPSA) is 85.1 Å². The molecule has 0 fully saturated rings. The highest BCUT2D eigenvalue weighted by atomic mass is 16.4. The smallest absolute Gasteiger partial charge is 0.338 e. The molecule has 0 saturated carbocycles. The second kappa shape index (κ2) is 5.40. The van der Waals surface area contributed by atoms with Crippen molar-refractivity contribution in [3.8, 4) is 11.4 Å². The number of fused-ring (bicyclic) bond motifs is 1. The van der Waals surface area contributed by atoms with Crippen LogP contribution < -0.4 is 0 Å². The van der Waals surface area contributed by atoms with Crippen molar-refractivity contribution in [2.75, 3.05) is 0 Å². The molecule has 110 valence electrons. The van der Waals surface area contributed by atoms with Crippen molar-refractivity contribution in [1.82, 2.24) is 14.5 Å². The van der Waals surface area contributed by atoms with Gasteiger partial charge in [0.05, 0.1) is 11.1 Å². The summed E-state index contributed by atoms with van der Waals surface area (Å²) in [6.45, 7) is 1.82. The summed E-state index contributed by atoms with van der Waals surface area (Å²) >= 11 is 0. The Hall–Kier alpha value is -3.02. The monoisotopic (exact) mass is 295 g/mol. The number of hydrogen-bond donors (Lipinski definition) is 1. The van der Waals surface area contributed by atoms with Crippen LogP contribution in [0.3, 0.4) is 0 Å². The maximum Gasteiger partial charge on any atom is 0.338 e. The first kappa shape index (κ1) is 13.9. The Morgan fingerprint density at radius 1 is 1.18 bits per heavy atom. The molecule has 0 aliphatic rings. The number of rotatable bonds is 3. The molecule has 1 aromatic carbocycles. The minimum absolute atomic E-state index is 0.0322. The Bertz CT molecular complexity index is 866. The van der Waals surface area contributed by atoms with E-state index in [4.69, 9.17) is 5.11 Å². The Morgan fingerprint density at radius 3 is 2.55 bits per heavy atom. The molecule has 0 bridgehead atoms. The Labute approximate surface area is 126 Å². The first-order chi connectivity index (χ1) is 10.6. The molecule has 22 heavy (non-hydrogen) atoms. The molecule has 0 spiro atoms. The Morgan fingerprint density at radius 2 is 1.91 bits per heavy atom. The summed E-state index contributed by atoms with van der Waals surface area (Å²) in [5.41, 5.74) is 1.65. The molecule has 1 N–H and O–H groups in total. The van der Waals surface area contributed by atoms with Gasteiger partial charge in [0.15, 0.2) is 5.82 Å². The van der Waals surface area contributed by atoms with E-state index in [2.05, 4.69) is 9.97 Å². The summed E-state index contributed by atoms with van der Waals surface area (Å²) in [5, 5.41) is 9.76. The first-order valence-electron chi connectivity index (χ1n) is 6.80. The van der Waals surface area contributed by atoms with Crippen LogP contribution >= 0.6 is 0 Å². The molecule has 6 nitrogen and oxygen atoms in total. The van der Waals surface area contributed by atoms with Crippen LogP contribution in [0, 0.1) is 0 Å². The van der Waals surface area contributed by atoms with Gasteiger partial charge in [-0.05, 0) is 24.3 Å². The second-order valence-electron chi connectivity index (χ2n) is 4.81. The summed E-state index contributed by atoms with van der Waals surface area (Å²) in [7, 11) is 0. The van der Waals surface area contributed by atoms with Gasteiger partial charge in [-0.2, -0.15) is 0 Å². The predicted octanol–water partition coefficient (Wildman–Crippen LogP) is 2.85. The number of nitrogens with zero attached hydrogens (tertiary/aromatic N) is 3. The van der Waals surface area contributed by atoms with E-state index in [0.29, 0.717) is 12.2 Å². The molecule has 0 aliphatic carbocycles. The summed E-state index contributed by atoms with van der Waals surface area (Å²) < 4.78 is 1.62. The molecule has 2 aromatic heterocycles. The van der Waals surface area contributed by atoms with E-state index in [1.54, 1.807) is 10.8 Å². The van der Waals surface area contributed by atoms with Crippen molar-refractivity contribution in [1.29, 1.82) is 0 Å². The quantitative estimate of drug-likeness (QED) is 0.803. The molecule has 0 aliphatic heterocycles. The minimum atomic E-state index is -1.06. The maximum absolute atomic E-state index is 11.8. The Kier molecular flexibility index (Phi) is 3.42. The van der Waals surface area contributed by atoms with Gasteiger partial charge in [0.1, 0.15) is 0 Å². The van der Waals surface area contributed by atoms with Gasteiger partial charge in [-0.15, -0.1) is 0 Å². The molecule has 3 rings (SSSR count). The van der Waals surface area contributed by atoms with Crippen LogP contribution in [-0.4, -0.2) is 31.5 Å². The van der Waals surface area contributed by atoms with Crippen LogP contribution in [-0.2, 0) is 0 Å². The fourth-order valence-electron chi connectivity index (χ4n) is 2.26. The molecule has 3 aromatic rings. The summed E-state index contributed by atoms with van der Waals surface area (Å²) in [4.78, 5) is 30.8. The standard InChI is InChI=1S/C16H13N3O3/c1-2-14(20)19-6-5-10-7-11(3-4-13(10)19)15-17-8-12(9-18-15)16(21)22/h3-9H,2H2,1H3,(H,21,22). The summed E-state index contributed by atoms with van der Waals surface area (Å²) in [5.74, 6) is -0.580. The lowest BCUT2D eigenvalue weighted by molar-refractivity contribution is 0.0695. The van der Waals surface area contributed by atoms with Gasteiger partial charge in [-0.1, -0.05) is 6.92 Å². The zero-order chi connectivity index (χ0) is 15.7. The zero-order valence-corrected chi connectivity index (χ0v) is 11.9. The lowest BCUT2D eigenvalue weighted by atomic mass is 10.1. The molecular formula is C16H13N3O3. The molecule has 0 radical (unpaired) electrons. The summed E-state index contributed by atoms with van der Waals surface area (Å²) in [6.07, 6.45) is 4.74. The van der Waals surface area contributed by atoms with Crippen LogP contribution in [0.5, 0.6) is 0 Å². The highest BCUT2D eigenvalue weighted by molar-refractivity contribution is 5.94. The molecule has 0 atom stereocenters. The van der Waals surface area contributed by atoms with Crippen LogP contribution in [0.4, 0.5) is 0 Å². The van der Waals surface area contributed by atoms with Gasteiger partial charge in [-0.25, -0.2) is 14.8 Å². The van der Waals surface area contributed by atoms with Gasteiger partial charge in [0, 0.05) is 36.0 Å². The van der Waals surface area contributed by atoms with Gasteiger partial charge in [-0.3, -0.25) is 9.36 Å². The van der Waals surface area contributed by atoms with Crippen molar-refractivity contribution in [3.05, 3.63) is 48.4 Å². The molecule has 6 heteroatoms. The SMILES string of the molecule is CCC(=O)n1ccc2cc(-c3ncc(C(=O)O)cn3)ccc21. The van der Waals surface area contributed by atoms with E-state index in [0.717, 1.165) is 16.5 Å². The van der Waals surface area contributed by atoms with Gasteiger partial charge in [0.25, 0.3) is 0 Å². The largest absolute Gasteiger partial charge is 0.478 e. The third kappa shape index (κ3) is 2.35. The van der Waals surface area contributed by atoms with Gasteiger partial charge >= 0.3 is 5.97 Å². The normalized spacial score (nSPS) is 10.8.